The summed E-state index contributed by atoms with van der Waals surface area (Å²) >= 11 is 0. The summed E-state index contributed by atoms with van der Waals surface area (Å²) < 4.78 is 19.3. The van der Waals surface area contributed by atoms with Crippen molar-refractivity contribution in [3.05, 3.63) is 138 Å². The number of carbonyl (C=O) groups excluding carboxylic acids is 3. The number of hydrogen-bond acceptors (Lipinski definition) is 7. The van der Waals surface area contributed by atoms with E-state index in [1.807, 2.05) is 102 Å². The van der Waals surface area contributed by atoms with E-state index in [0.29, 0.717) is 52.8 Å². The fourth-order valence-electron chi connectivity index (χ4n) is 10.3. The van der Waals surface area contributed by atoms with Crippen LogP contribution in [0.4, 0.5) is 17.1 Å². The molecule has 4 aliphatic rings. The molecule has 302 valence electrons. The van der Waals surface area contributed by atoms with E-state index in [1.54, 1.807) is 29.0 Å². The summed E-state index contributed by atoms with van der Waals surface area (Å²) in [7, 11) is -0.935. The van der Waals surface area contributed by atoms with E-state index in [4.69, 9.17) is 14.2 Å². The molecule has 0 aliphatic carbocycles. The third kappa shape index (κ3) is 6.34. The van der Waals surface area contributed by atoms with Gasteiger partial charge in [0.15, 0.2) is 11.4 Å². The number of aliphatic hydroxyl groups excluding tert-OH is 1. The van der Waals surface area contributed by atoms with Crippen molar-refractivity contribution in [3.63, 3.8) is 0 Å². The first-order valence-electron chi connectivity index (χ1n) is 20.5. The van der Waals surface area contributed by atoms with Crippen molar-refractivity contribution in [2.45, 2.75) is 69.1 Å². The summed E-state index contributed by atoms with van der Waals surface area (Å²) in [5, 5.41) is 11.4. The number of aliphatic hydroxyl groups is 1. The molecule has 2 fully saturated rings. The highest BCUT2D eigenvalue weighted by Gasteiger charge is 2.66. The molecule has 0 saturated carbocycles. The zero-order valence-corrected chi connectivity index (χ0v) is 34.8. The second-order valence-electron chi connectivity index (χ2n) is 16.7. The molecule has 1 N–H and O–H groups in total. The zero-order chi connectivity index (χ0) is 41.1. The predicted molar refractivity (Wildman–Crippen MR) is 230 cm³/mol. The average molecular weight is 808 g/mol. The quantitative estimate of drug-likeness (QED) is 0.151. The highest BCUT2D eigenvalue weighted by Crippen LogP contribution is 2.61. The summed E-state index contributed by atoms with van der Waals surface area (Å²) in [5.41, 5.74) is 2.23. The standard InChI is InChI=1S/C48H49N3O7Si/c1-31-45(59(3,4)36-23-21-35(56-2)22-24-36)43(28-44(53)49-26-12-15-34(49)30-52)58-48(31)38-27-33(20-25-39(38)50(47(48)55)29-32-13-6-5-7-14-32)51-40-17-9-11-19-42(40)57-41-18-10-8-16-37(41)46(51)54/h5-11,13-14,16-25,27,31,34,43,45,52H,12,15,26,28-30H2,1-4H3/t31-,34+,43+,45-,48+/m1/s1. The lowest BCUT2D eigenvalue weighted by atomic mass is 9.82. The van der Waals surface area contributed by atoms with E-state index in [-0.39, 0.29) is 48.3 Å². The second-order valence-corrected chi connectivity index (χ2v) is 21.4. The van der Waals surface area contributed by atoms with Crippen molar-refractivity contribution < 1.29 is 33.7 Å². The molecule has 0 aromatic heterocycles. The number of fused-ring (bicyclic) bond motifs is 4. The maximum absolute atomic E-state index is 15.6. The Morgan fingerprint density at radius 1 is 0.881 bits per heavy atom. The number of benzene rings is 5. The van der Waals surface area contributed by atoms with Crippen LogP contribution in [0.3, 0.4) is 0 Å². The van der Waals surface area contributed by atoms with Crippen molar-refractivity contribution in [1.29, 1.82) is 0 Å². The van der Waals surface area contributed by atoms with Crippen molar-refractivity contribution in [2.75, 3.05) is 30.1 Å². The van der Waals surface area contributed by atoms with Crippen molar-refractivity contribution in [2.24, 2.45) is 5.92 Å². The van der Waals surface area contributed by atoms with Crippen LogP contribution >= 0.6 is 0 Å². The first-order chi connectivity index (χ1) is 28.6. The van der Waals surface area contributed by atoms with E-state index in [1.165, 1.54) is 0 Å². The number of likely N-dealkylation sites (tertiary alicyclic amines) is 1. The number of amides is 3. The summed E-state index contributed by atoms with van der Waals surface area (Å²) in [6, 6.07) is 38.3. The molecule has 59 heavy (non-hydrogen) atoms. The van der Waals surface area contributed by atoms with E-state index >= 15 is 4.79 Å². The number of para-hydroxylation sites is 3. The van der Waals surface area contributed by atoms with Gasteiger partial charge in [0, 0.05) is 23.7 Å². The molecule has 3 amide bonds. The molecule has 5 aromatic carbocycles. The molecule has 11 heteroatoms. The van der Waals surface area contributed by atoms with E-state index < -0.39 is 19.8 Å². The van der Waals surface area contributed by atoms with Crippen LogP contribution in [0.15, 0.2) is 121 Å². The Bertz CT molecular complexity index is 2420. The SMILES string of the molecule is COc1ccc([Si](C)(C)[C@H]2[C@H](CC(=O)N3CCC[C@H]3CO)O[C@@]3(C(=O)N(Cc4ccccc4)c4ccc(N5C(=O)c6ccccc6Oc6ccccc65)cc43)[C@@H]2C)cc1. The minimum Gasteiger partial charge on any atom is -0.497 e. The fraction of sp³-hybridized carbons (Fsp3) is 0.312. The smallest absolute Gasteiger partial charge is 0.266 e. The number of anilines is 3. The van der Waals surface area contributed by atoms with Gasteiger partial charge in [-0.25, -0.2) is 0 Å². The average Bonchev–Trinajstić information content (AvgIpc) is 3.89. The predicted octanol–water partition coefficient (Wildman–Crippen LogP) is 7.92. The molecule has 0 bridgehead atoms. The van der Waals surface area contributed by atoms with E-state index in [2.05, 4.69) is 32.2 Å². The van der Waals surface area contributed by atoms with Crippen molar-refractivity contribution in [1.82, 2.24) is 4.90 Å². The van der Waals surface area contributed by atoms with Crippen molar-refractivity contribution in [3.8, 4) is 17.2 Å². The molecule has 9 rings (SSSR count). The Kier molecular flexibility index (Phi) is 9.93. The van der Waals surface area contributed by atoms with Crippen LogP contribution in [0.2, 0.25) is 18.6 Å². The largest absolute Gasteiger partial charge is 0.497 e. The lowest BCUT2D eigenvalue weighted by Gasteiger charge is -2.37. The highest BCUT2D eigenvalue weighted by molar-refractivity contribution is 6.91. The van der Waals surface area contributed by atoms with Gasteiger partial charge in [0.05, 0.1) is 63.8 Å². The van der Waals surface area contributed by atoms with Gasteiger partial charge in [0.25, 0.3) is 11.8 Å². The number of hydrogen-bond donors (Lipinski definition) is 1. The molecular formula is C48H49N3O7Si. The lowest BCUT2D eigenvalue weighted by Crippen LogP contribution is -2.52. The maximum atomic E-state index is 15.6. The van der Waals surface area contributed by atoms with Crippen LogP contribution in [0, 0.1) is 5.92 Å². The minimum atomic E-state index is -2.58. The van der Waals surface area contributed by atoms with Gasteiger partial charge in [-0.1, -0.05) is 91.9 Å². The number of ether oxygens (including phenoxy) is 3. The summed E-state index contributed by atoms with van der Waals surface area (Å²) in [6.45, 7) is 7.50. The van der Waals surface area contributed by atoms with Crippen LogP contribution in [-0.4, -0.2) is 68.2 Å². The highest BCUT2D eigenvalue weighted by atomic mass is 28.3. The van der Waals surface area contributed by atoms with Gasteiger partial charge in [-0.05, 0) is 78.5 Å². The van der Waals surface area contributed by atoms with Crippen LogP contribution in [0.25, 0.3) is 0 Å². The Morgan fingerprint density at radius 2 is 1.59 bits per heavy atom. The van der Waals surface area contributed by atoms with Crippen LogP contribution in [0.5, 0.6) is 17.2 Å². The van der Waals surface area contributed by atoms with Gasteiger partial charge in [-0.2, -0.15) is 0 Å². The van der Waals surface area contributed by atoms with Gasteiger partial charge in [0.1, 0.15) is 11.5 Å². The van der Waals surface area contributed by atoms with Gasteiger partial charge in [-0.15, -0.1) is 0 Å². The van der Waals surface area contributed by atoms with Crippen LogP contribution < -0.4 is 24.5 Å². The van der Waals surface area contributed by atoms with Crippen molar-refractivity contribution >= 4 is 48.0 Å². The Hall–Kier alpha value is -5.75. The minimum absolute atomic E-state index is 0.0763. The molecule has 5 aromatic rings. The molecule has 10 nitrogen and oxygen atoms in total. The fourth-order valence-corrected chi connectivity index (χ4v) is 14.3. The number of methoxy groups -OCH3 is 1. The number of carbonyl (C=O) groups is 3. The summed E-state index contributed by atoms with van der Waals surface area (Å²) in [6.07, 6.45) is 1.04. The molecule has 2 saturated heterocycles. The van der Waals surface area contributed by atoms with E-state index in [9.17, 15) is 14.7 Å². The molecule has 4 aliphatic heterocycles. The normalized spacial score (nSPS) is 23.5. The second kappa shape index (κ2) is 15.1. The number of nitrogens with zero attached hydrogens (tertiary/aromatic N) is 3. The Balaban J connectivity index is 1.21. The molecular weight excluding hydrogens is 759 g/mol. The van der Waals surface area contributed by atoms with Crippen LogP contribution in [0.1, 0.15) is 47.7 Å². The van der Waals surface area contributed by atoms with E-state index in [0.717, 1.165) is 29.3 Å². The summed E-state index contributed by atoms with van der Waals surface area (Å²) in [4.78, 5) is 49.9. The van der Waals surface area contributed by atoms with Gasteiger partial charge in [-0.3, -0.25) is 19.3 Å². The monoisotopic (exact) mass is 807 g/mol. The topological polar surface area (TPSA) is 109 Å². The Morgan fingerprint density at radius 3 is 2.34 bits per heavy atom. The van der Waals surface area contributed by atoms with Gasteiger partial charge >= 0.3 is 0 Å². The summed E-state index contributed by atoms with van der Waals surface area (Å²) in [5.74, 6) is 0.839. The van der Waals surface area contributed by atoms with Crippen LogP contribution in [-0.2, 0) is 26.5 Å². The van der Waals surface area contributed by atoms with Gasteiger partial charge < -0.3 is 29.1 Å². The molecule has 4 heterocycles. The third-order valence-corrected chi connectivity index (χ3v) is 17.6. The Labute approximate surface area is 345 Å². The maximum Gasteiger partial charge on any atom is 0.266 e. The first-order valence-corrected chi connectivity index (χ1v) is 23.6. The molecule has 0 radical (unpaired) electrons. The first kappa shape index (κ1) is 38.7. The third-order valence-electron chi connectivity index (χ3n) is 13.2. The molecule has 0 unspecified atom stereocenters. The number of rotatable bonds is 9. The van der Waals surface area contributed by atoms with Gasteiger partial charge in [0.2, 0.25) is 5.91 Å². The zero-order valence-electron chi connectivity index (χ0n) is 33.8. The lowest BCUT2D eigenvalue weighted by molar-refractivity contribution is -0.150. The molecule has 5 atom stereocenters. The molecule has 1 spiro atoms.